The van der Waals surface area contributed by atoms with Crippen LogP contribution in [-0.2, 0) is 0 Å². The second-order valence-corrected chi connectivity index (χ2v) is 18.7. The fraction of sp³-hybridized carbons (Fsp3) is 0.340. The van der Waals surface area contributed by atoms with Crippen molar-refractivity contribution in [2.45, 2.75) is 66.0 Å². The second kappa shape index (κ2) is 16.0. The van der Waals surface area contributed by atoms with Gasteiger partial charge in [-0.15, -0.1) is 21.5 Å². The molecule has 13 heteroatoms. The highest BCUT2D eigenvalue weighted by Gasteiger charge is 2.41. The van der Waals surface area contributed by atoms with Crippen molar-refractivity contribution in [1.82, 2.24) is 19.7 Å². The van der Waals surface area contributed by atoms with Gasteiger partial charge in [0.1, 0.15) is 64.3 Å². The number of piperidine rings is 1. The van der Waals surface area contributed by atoms with Crippen LogP contribution in [0.25, 0.3) is 16.1 Å². The van der Waals surface area contributed by atoms with E-state index in [1.54, 1.807) is 24.3 Å². The molecule has 10 rings (SSSR count). The van der Waals surface area contributed by atoms with Gasteiger partial charge in [-0.25, -0.2) is 13.2 Å². The number of aryl methyl sites for hydroxylation is 2. The molecule has 0 saturated carbocycles. The molecule has 2 saturated heterocycles. The molecule has 4 aromatic carbocycles. The number of likely N-dealkylation sites (tertiary alicyclic amines) is 1. The Bertz CT molecular complexity index is 2790. The van der Waals surface area contributed by atoms with Crippen LogP contribution in [0.2, 0.25) is 0 Å². The Morgan fingerprint density at radius 2 is 1.63 bits per heavy atom. The summed E-state index contributed by atoms with van der Waals surface area (Å²) in [5.41, 5.74) is 7.53. The Kier molecular flexibility index (Phi) is 10.4. The maximum absolute atomic E-state index is 15.3. The van der Waals surface area contributed by atoms with E-state index in [0.29, 0.717) is 46.9 Å². The number of halogens is 3. The van der Waals surface area contributed by atoms with Crippen LogP contribution in [0.3, 0.4) is 0 Å². The average molecular weight is 871 g/mol. The summed E-state index contributed by atoms with van der Waals surface area (Å²) in [5.74, 6) is -0.182. The number of aromatic nitrogens is 3. The van der Waals surface area contributed by atoms with Gasteiger partial charge in [-0.2, -0.15) is 0 Å². The highest BCUT2D eigenvalue weighted by Crippen LogP contribution is 2.49. The third kappa shape index (κ3) is 7.38. The van der Waals surface area contributed by atoms with E-state index in [4.69, 9.17) is 14.5 Å². The van der Waals surface area contributed by atoms with E-state index in [0.717, 1.165) is 73.5 Å². The number of hydrogen-bond donors (Lipinski definition) is 1. The molecule has 4 aliphatic rings. The number of nitrogens with zero attached hydrogens (tertiary/aromatic N) is 6. The molecule has 0 radical (unpaired) electrons. The number of rotatable bonds is 8. The molecule has 0 amide bonds. The number of benzene rings is 4. The first-order valence-electron chi connectivity index (χ1n) is 21.6. The number of phenolic OH excluding ortho intramolecular Hbond substituents is 1. The Balaban J connectivity index is 0.789. The molecule has 6 heterocycles. The molecule has 3 atom stereocenters. The molecular weight excluding hydrogens is 822 g/mol. The highest BCUT2D eigenvalue weighted by molar-refractivity contribution is 7.15. The molecule has 0 aliphatic carbocycles. The van der Waals surface area contributed by atoms with Crippen molar-refractivity contribution in [2.75, 3.05) is 44.2 Å². The first-order valence-corrected chi connectivity index (χ1v) is 22.4. The minimum absolute atomic E-state index is 0.00892. The lowest BCUT2D eigenvalue weighted by atomic mass is 9.79. The Labute approximate surface area is 369 Å². The molecule has 6 aromatic rings. The lowest BCUT2D eigenvalue weighted by molar-refractivity contribution is 0.0913. The fourth-order valence-corrected chi connectivity index (χ4v) is 11.3. The quantitative estimate of drug-likeness (QED) is 0.163. The molecule has 63 heavy (non-hydrogen) atoms. The van der Waals surface area contributed by atoms with E-state index in [1.165, 1.54) is 40.2 Å². The van der Waals surface area contributed by atoms with Gasteiger partial charge in [0.25, 0.3) is 0 Å². The van der Waals surface area contributed by atoms with Gasteiger partial charge < -0.3 is 19.5 Å². The molecular formula is C50H49F3N6O3S. The fourth-order valence-electron chi connectivity index (χ4n) is 10.1. The predicted molar refractivity (Wildman–Crippen MR) is 241 cm³/mol. The predicted octanol–water partition coefficient (Wildman–Crippen LogP) is 10.7. The summed E-state index contributed by atoms with van der Waals surface area (Å²) < 4.78 is 59.3. The second-order valence-electron chi connectivity index (χ2n) is 17.5. The number of thiophene rings is 1. The number of anilines is 1. The molecule has 0 unspecified atom stereocenters. The molecule has 2 fully saturated rings. The van der Waals surface area contributed by atoms with Crippen molar-refractivity contribution in [2.24, 2.45) is 10.4 Å². The number of aromatic hydroxyl groups is 1. The minimum atomic E-state index is -1.03. The largest absolute Gasteiger partial charge is 0.508 e. The molecule has 4 aliphatic heterocycles. The summed E-state index contributed by atoms with van der Waals surface area (Å²) >= 11 is 1.78. The summed E-state index contributed by atoms with van der Waals surface area (Å²) in [6, 6.07) is 22.2. The lowest BCUT2D eigenvalue weighted by Crippen LogP contribution is -2.46. The van der Waals surface area contributed by atoms with Crippen LogP contribution in [0.1, 0.15) is 95.2 Å². The summed E-state index contributed by atoms with van der Waals surface area (Å²) in [6.07, 6.45) is 2.59. The Morgan fingerprint density at radius 3 is 2.40 bits per heavy atom. The summed E-state index contributed by atoms with van der Waals surface area (Å²) in [6.45, 7) is 15.6. The molecule has 1 spiro atoms. The van der Waals surface area contributed by atoms with Crippen molar-refractivity contribution in [1.29, 1.82) is 0 Å². The normalized spacial score (nSPS) is 20.9. The molecule has 9 nitrogen and oxygen atoms in total. The number of aliphatic imine (C=N–C) groups is 1. The standard InChI is InChI=1S/C50H49F3N6O3S/c1-28-31(4)63-49-44(28)46(54-30(3)48-56-55-32(5)59(48)49)33-7-11-36(12-8-33)58-20-18-50(27-58)17-6-19-57(26-50)21-22-61-38-14-9-34(10-15-38)47-43(45-40(52)23-35(51)24-41(45)53)29(2)39-25-37(60)13-16-42(39)62-47/h7-16,23-25,30,47,60H,6,17-22,26-27H2,1-5H3/t30-,47+,50+/m0/s1. The Hall–Kier alpha value is -5.92. The zero-order chi connectivity index (χ0) is 43.7. The SMILES string of the molecule is CC1=C(c2c(F)cc(F)cc2F)[C@@H](c2ccc(OCCN3CCC[C@@]4(CCN(c5ccc(C6=N[C@@H](C)c7nnc(C)n7-c7sc(C)c(C)c76)cc5)C4)C3)cc2)Oc2ccc(O)cc21. The molecule has 2 aromatic heterocycles. The number of ether oxygens (including phenoxy) is 2. The van der Waals surface area contributed by atoms with Gasteiger partial charge in [-0.1, -0.05) is 24.3 Å². The van der Waals surface area contributed by atoms with Crippen molar-refractivity contribution >= 4 is 33.9 Å². The number of hydrogen-bond acceptors (Lipinski definition) is 9. The first-order chi connectivity index (χ1) is 30.4. The third-order valence-electron chi connectivity index (χ3n) is 13.5. The van der Waals surface area contributed by atoms with E-state index in [-0.39, 0.29) is 28.3 Å². The topological polar surface area (TPSA) is 88.2 Å². The van der Waals surface area contributed by atoms with Gasteiger partial charge in [0.05, 0.1) is 11.3 Å². The summed E-state index contributed by atoms with van der Waals surface area (Å²) in [7, 11) is 0. The summed E-state index contributed by atoms with van der Waals surface area (Å²) in [5, 5.41) is 20.2. The molecule has 0 bridgehead atoms. The molecule has 324 valence electrons. The van der Waals surface area contributed by atoms with Crippen molar-refractivity contribution < 1.29 is 27.8 Å². The molecule has 1 N–H and O–H groups in total. The van der Waals surface area contributed by atoms with E-state index < -0.39 is 23.6 Å². The Morgan fingerprint density at radius 1 is 0.873 bits per heavy atom. The van der Waals surface area contributed by atoms with Gasteiger partial charge >= 0.3 is 0 Å². The van der Waals surface area contributed by atoms with Crippen LogP contribution in [0.5, 0.6) is 17.2 Å². The van der Waals surface area contributed by atoms with E-state index in [2.05, 4.69) is 69.6 Å². The van der Waals surface area contributed by atoms with Crippen LogP contribution >= 0.6 is 11.3 Å². The van der Waals surface area contributed by atoms with Crippen LogP contribution in [0, 0.1) is 43.6 Å². The van der Waals surface area contributed by atoms with Crippen LogP contribution in [0.4, 0.5) is 18.9 Å². The third-order valence-corrected chi connectivity index (χ3v) is 14.6. The van der Waals surface area contributed by atoms with Gasteiger partial charge in [0, 0.05) is 76.6 Å². The maximum Gasteiger partial charge on any atom is 0.162 e. The highest BCUT2D eigenvalue weighted by atomic mass is 32.1. The van der Waals surface area contributed by atoms with Gasteiger partial charge in [-0.3, -0.25) is 14.5 Å². The smallest absolute Gasteiger partial charge is 0.162 e. The van der Waals surface area contributed by atoms with Crippen LogP contribution in [-0.4, -0.2) is 69.8 Å². The van der Waals surface area contributed by atoms with Gasteiger partial charge in [0.15, 0.2) is 5.82 Å². The lowest BCUT2D eigenvalue weighted by Gasteiger charge is -2.40. The monoisotopic (exact) mass is 870 g/mol. The zero-order valence-corrected chi connectivity index (χ0v) is 36.8. The van der Waals surface area contributed by atoms with E-state index >= 15 is 8.78 Å². The number of allylic oxidation sites excluding steroid dienone is 1. The summed E-state index contributed by atoms with van der Waals surface area (Å²) in [4.78, 5) is 11.6. The van der Waals surface area contributed by atoms with Crippen molar-refractivity contribution in [3.8, 4) is 22.2 Å². The van der Waals surface area contributed by atoms with Crippen molar-refractivity contribution in [3.05, 3.63) is 146 Å². The van der Waals surface area contributed by atoms with Crippen LogP contribution < -0.4 is 14.4 Å². The zero-order valence-electron chi connectivity index (χ0n) is 36.0. The van der Waals surface area contributed by atoms with Crippen molar-refractivity contribution in [3.63, 3.8) is 0 Å². The van der Waals surface area contributed by atoms with Gasteiger partial charge in [0.2, 0.25) is 0 Å². The average Bonchev–Trinajstić information content (AvgIpc) is 3.92. The van der Waals surface area contributed by atoms with E-state index in [1.807, 2.05) is 31.2 Å². The van der Waals surface area contributed by atoms with E-state index in [9.17, 15) is 9.50 Å². The first kappa shape index (κ1) is 41.1. The van der Waals surface area contributed by atoms with Crippen LogP contribution in [0.15, 0.2) is 83.9 Å². The maximum atomic E-state index is 15.3. The number of phenols is 1. The minimum Gasteiger partial charge on any atom is -0.508 e. The van der Waals surface area contributed by atoms with Gasteiger partial charge in [-0.05, 0) is 120 Å². The number of fused-ring (bicyclic) bond motifs is 4.